The first kappa shape index (κ1) is 50.4. The van der Waals surface area contributed by atoms with Gasteiger partial charge in [-0.3, -0.25) is 0 Å². The van der Waals surface area contributed by atoms with E-state index in [-0.39, 0.29) is 0 Å². The maximum absolute atomic E-state index is 2.44. The summed E-state index contributed by atoms with van der Waals surface area (Å²) in [6, 6.07) is 104. The SMILES string of the molecule is C[Si](C)(C)c1ccc(N(c2ccccc2)c2ccc(-c3c4ccccc4c(-c4cccc(-c5c6ccccc6c(-c6ccc(N(c7ccccc7)c7ccc([Si](C)(C)C)cc7)cc6)c6ccccc56)c4)c4ccccc34)cc2)cc1. The number of fused-ring (bicyclic) bond motifs is 4. The molecular weight excluding hydrogens is 997 g/mol. The molecule has 0 amide bonds. The largest absolute Gasteiger partial charge is 0.311 e. The van der Waals surface area contributed by atoms with Crippen LogP contribution in [0, 0.1) is 0 Å². The van der Waals surface area contributed by atoms with E-state index in [0.717, 1.165) is 34.1 Å². The van der Waals surface area contributed by atoms with E-state index in [1.165, 1.54) is 98.0 Å². The lowest BCUT2D eigenvalue weighted by molar-refractivity contribution is 1.28. The quantitative estimate of drug-likeness (QED) is 0.0889. The highest BCUT2D eigenvalue weighted by atomic mass is 28.3. The van der Waals surface area contributed by atoms with Gasteiger partial charge in [0.25, 0.3) is 0 Å². The summed E-state index contributed by atoms with van der Waals surface area (Å²) in [6.07, 6.45) is 0. The lowest BCUT2D eigenvalue weighted by Gasteiger charge is -2.27. The second-order valence-corrected chi connectivity index (χ2v) is 33.4. The van der Waals surface area contributed by atoms with Gasteiger partial charge >= 0.3 is 0 Å². The average Bonchev–Trinajstić information content (AvgIpc) is 3.52. The molecule has 13 aromatic rings. The van der Waals surface area contributed by atoms with Crippen molar-refractivity contribution in [3.05, 3.63) is 279 Å². The van der Waals surface area contributed by atoms with Gasteiger partial charge in [-0.1, -0.05) is 250 Å². The molecule has 80 heavy (non-hydrogen) atoms. The topological polar surface area (TPSA) is 6.48 Å². The number of anilines is 6. The smallest absolute Gasteiger partial charge is 0.0775 e. The fourth-order valence-electron chi connectivity index (χ4n) is 12.2. The number of rotatable bonds is 12. The van der Waals surface area contributed by atoms with Crippen molar-refractivity contribution in [2.24, 2.45) is 0 Å². The fraction of sp³-hybridized carbons (Fsp3) is 0.0789. The molecule has 0 heterocycles. The van der Waals surface area contributed by atoms with Gasteiger partial charge in [-0.05, 0) is 166 Å². The summed E-state index contributed by atoms with van der Waals surface area (Å²) in [4.78, 5) is 4.74. The number of hydrogen-bond donors (Lipinski definition) is 0. The van der Waals surface area contributed by atoms with E-state index in [2.05, 4.69) is 328 Å². The van der Waals surface area contributed by atoms with Crippen LogP contribution in [0.5, 0.6) is 0 Å². The second-order valence-electron chi connectivity index (χ2n) is 23.3. The van der Waals surface area contributed by atoms with Gasteiger partial charge < -0.3 is 9.80 Å². The predicted molar refractivity (Wildman–Crippen MR) is 354 cm³/mol. The Morgan fingerprint density at radius 2 is 0.425 bits per heavy atom. The second kappa shape index (κ2) is 20.6. The minimum Gasteiger partial charge on any atom is -0.311 e. The highest BCUT2D eigenvalue weighted by Gasteiger charge is 2.23. The van der Waals surface area contributed by atoms with Crippen molar-refractivity contribution in [1.29, 1.82) is 0 Å². The number of benzene rings is 13. The molecule has 0 aromatic heterocycles. The monoisotopic (exact) mass is 1060 g/mol. The highest BCUT2D eigenvalue weighted by Crippen LogP contribution is 2.48. The van der Waals surface area contributed by atoms with Gasteiger partial charge in [0.05, 0.1) is 16.1 Å². The van der Waals surface area contributed by atoms with E-state index in [9.17, 15) is 0 Å². The Bertz CT molecular complexity index is 3990. The molecule has 0 aliphatic heterocycles. The Hall–Kier alpha value is -9.07. The molecule has 0 aliphatic rings. The average molecular weight is 1060 g/mol. The molecule has 13 rings (SSSR count). The summed E-state index contributed by atoms with van der Waals surface area (Å²) in [7, 11) is -2.92. The zero-order chi connectivity index (χ0) is 54.5. The molecule has 0 atom stereocenters. The van der Waals surface area contributed by atoms with Crippen LogP contribution in [0.4, 0.5) is 34.1 Å². The van der Waals surface area contributed by atoms with Crippen molar-refractivity contribution in [2.45, 2.75) is 39.3 Å². The van der Waals surface area contributed by atoms with Crippen LogP contribution >= 0.6 is 0 Å². The van der Waals surface area contributed by atoms with Crippen LogP contribution in [0.3, 0.4) is 0 Å². The summed E-state index contributed by atoms with van der Waals surface area (Å²) in [5.74, 6) is 0. The third kappa shape index (κ3) is 9.30. The molecule has 4 heteroatoms. The highest BCUT2D eigenvalue weighted by molar-refractivity contribution is 6.89. The lowest BCUT2D eigenvalue weighted by atomic mass is 9.83. The van der Waals surface area contributed by atoms with E-state index in [1.807, 2.05) is 0 Å². The van der Waals surface area contributed by atoms with Crippen LogP contribution in [-0.4, -0.2) is 16.1 Å². The Morgan fingerprint density at radius 3 is 0.688 bits per heavy atom. The van der Waals surface area contributed by atoms with Crippen molar-refractivity contribution in [3.63, 3.8) is 0 Å². The Kier molecular flexibility index (Phi) is 13.0. The molecule has 0 saturated carbocycles. The molecule has 0 radical (unpaired) electrons. The molecule has 0 saturated heterocycles. The van der Waals surface area contributed by atoms with Crippen LogP contribution in [-0.2, 0) is 0 Å². The van der Waals surface area contributed by atoms with Crippen molar-refractivity contribution >= 4 is 104 Å². The molecule has 13 aromatic carbocycles. The van der Waals surface area contributed by atoms with Crippen LogP contribution in [0.25, 0.3) is 87.6 Å². The Morgan fingerprint density at radius 1 is 0.200 bits per heavy atom. The minimum atomic E-state index is -1.46. The summed E-state index contributed by atoms with van der Waals surface area (Å²) in [5.41, 5.74) is 16.6. The van der Waals surface area contributed by atoms with Crippen LogP contribution in [0.15, 0.2) is 279 Å². The third-order valence-corrected chi connectivity index (χ3v) is 20.3. The van der Waals surface area contributed by atoms with Crippen LogP contribution in [0.1, 0.15) is 0 Å². The fourth-order valence-corrected chi connectivity index (χ4v) is 14.5. The van der Waals surface area contributed by atoms with Gasteiger partial charge in [-0.15, -0.1) is 0 Å². The summed E-state index contributed by atoms with van der Waals surface area (Å²) in [5, 5.41) is 12.8. The molecule has 0 fully saturated rings. The Balaban J connectivity index is 0.907. The van der Waals surface area contributed by atoms with Gasteiger partial charge in [0, 0.05) is 34.1 Å². The summed E-state index contributed by atoms with van der Waals surface area (Å²) < 4.78 is 0. The first-order valence-electron chi connectivity index (χ1n) is 28.1. The standard InChI is InChI=1S/C76H64N2Si2/c1-79(2,3)63-48-44-61(45-49-63)77(57-24-9-7-10-25-57)59-40-36-53(37-41-59)73-65-28-13-17-32-69(65)75(70-33-18-14-29-66(70)73)55-22-21-23-56(52-55)76-71-34-19-15-30-67(71)74(68-31-16-20-35-72(68)76)54-38-42-60(43-39-54)78(58-26-11-8-12-27-58)62-46-50-64(51-47-62)80(4,5)6/h7-52H,1-6H3. The lowest BCUT2D eigenvalue weighted by Crippen LogP contribution is -2.37. The summed E-state index contributed by atoms with van der Waals surface area (Å²) in [6.45, 7) is 14.4. The number of hydrogen-bond acceptors (Lipinski definition) is 2. The molecule has 0 N–H and O–H groups in total. The van der Waals surface area contributed by atoms with E-state index < -0.39 is 16.1 Å². The van der Waals surface area contributed by atoms with Gasteiger partial charge in [0.1, 0.15) is 0 Å². The number of nitrogens with zero attached hydrogens (tertiary/aromatic N) is 2. The van der Waals surface area contributed by atoms with Gasteiger partial charge in [0.15, 0.2) is 0 Å². The zero-order valence-electron chi connectivity index (χ0n) is 46.5. The van der Waals surface area contributed by atoms with E-state index in [0.29, 0.717) is 0 Å². The Labute approximate surface area is 473 Å². The normalized spacial score (nSPS) is 11.9. The predicted octanol–water partition coefficient (Wildman–Crippen LogP) is 21.0. The van der Waals surface area contributed by atoms with E-state index in [1.54, 1.807) is 0 Å². The van der Waals surface area contributed by atoms with E-state index >= 15 is 0 Å². The maximum Gasteiger partial charge on any atom is 0.0775 e. The molecule has 0 bridgehead atoms. The van der Waals surface area contributed by atoms with Gasteiger partial charge in [-0.25, -0.2) is 0 Å². The molecular formula is C76H64N2Si2. The van der Waals surface area contributed by atoms with E-state index in [4.69, 9.17) is 0 Å². The van der Waals surface area contributed by atoms with Crippen molar-refractivity contribution < 1.29 is 0 Å². The minimum absolute atomic E-state index is 1.12. The van der Waals surface area contributed by atoms with Crippen LogP contribution < -0.4 is 20.2 Å². The number of para-hydroxylation sites is 2. The first-order chi connectivity index (χ1) is 39.0. The van der Waals surface area contributed by atoms with Crippen LogP contribution in [0.2, 0.25) is 39.3 Å². The molecule has 386 valence electrons. The summed E-state index contributed by atoms with van der Waals surface area (Å²) >= 11 is 0. The third-order valence-electron chi connectivity index (χ3n) is 16.1. The van der Waals surface area contributed by atoms with Gasteiger partial charge in [0.2, 0.25) is 0 Å². The molecule has 0 unspecified atom stereocenters. The molecule has 0 spiro atoms. The maximum atomic E-state index is 2.44. The molecule has 0 aliphatic carbocycles. The first-order valence-corrected chi connectivity index (χ1v) is 35.1. The van der Waals surface area contributed by atoms with Crippen molar-refractivity contribution in [3.8, 4) is 44.5 Å². The molecule has 2 nitrogen and oxygen atoms in total. The zero-order valence-corrected chi connectivity index (χ0v) is 48.5. The van der Waals surface area contributed by atoms with Gasteiger partial charge in [-0.2, -0.15) is 0 Å². The van der Waals surface area contributed by atoms with Crippen molar-refractivity contribution in [2.75, 3.05) is 9.80 Å². The van der Waals surface area contributed by atoms with Crippen molar-refractivity contribution in [1.82, 2.24) is 0 Å².